The Kier molecular flexibility index (Phi) is 5.66. The fraction of sp³-hybridized carbons (Fsp3) is 0.200. The average Bonchev–Trinajstić information content (AvgIpc) is 2.99. The van der Waals surface area contributed by atoms with Crippen molar-refractivity contribution < 1.29 is 23.5 Å². The minimum absolute atomic E-state index is 0.191. The number of furan rings is 1. The van der Waals surface area contributed by atoms with Crippen molar-refractivity contribution >= 4 is 40.1 Å². The van der Waals surface area contributed by atoms with Crippen LogP contribution in [0.2, 0.25) is 5.02 Å². The van der Waals surface area contributed by atoms with Crippen molar-refractivity contribution in [1.29, 1.82) is 0 Å². The van der Waals surface area contributed by atoms with E-state index in [0.29, 0.717) is 34.2 Å². The van der Waals surface area contributed by atoms with Gasteiger partial charge in [-0.15, -0.1) is 0 Å². The summed E-state index contributed by atoms with van der Waals surface area (Å²) in [5, 5.41) is 4.00. The Morgan fingerprint density at radius 3 is 2.70 bits per heavy atom. The maximum Gasteiger partial charge on any atom is 0.344 e. The van der Waals surface area contributed by atoms with Crippen molar-refractivity contribution in [3.63, 3.8) is 0 Å². The standard InChI is InChI=1S/C20H18ClNO5/c1-3-25-17(23)11-26-14-7-4-6-13(10-14)22-20(24)18-12(2)15-8-5-9-16(21)19(15)27-18/h4-10H,3,11H2,1-2H3,(H,22,24). The van der Waals surface area contributed by atoms with Crippen LogP contribution in [0.25, 0.3) is 11.0 Å². The molecule has 0 bridgehead atoms. The molecule has 6 nitrogen and oxygen atoms in total. The summed E-state index contributed by atoms with van der Waals surface area (Å²) < 4.78 is 15.8. The third-order valence-electron chi connectivity index (χ3n) is 3.88. The highest BCUT2D eigenvalue weighted by molar-refractivity contribution is 6.35. The first kappa shape index (κ1) is 18.8. The minimum atomic E-state index is -0.457. The van der Waals surface area contributed by atoms with Crippen molar-refractivity contribution in [2.24, 2.45) is 0 Å². The smallest absolute Gasteiger partial charge is 0.344 e. The number of carbonyl (C=O) groups excluding carboxylic acids is 2. The normalized spacial score (nSPS) is 10.6. The number of hydrogen-bond acceptors (Lipinski definition) is 5. The van der Waals surface area contributed by atoms with Crippen molar-refractivity contribution in [3.05, 3.63) is 58.8 Å². The number of rotatable bonds is 6. The molecule has 0 atom stereocenters. The molecular weight excluding hydrogens is 370 g/mol. The van der Waals surface area contributed by atoms with E-state index in [1.165, 1.54) is 0 Å². The van der Waals surface area contributed by atoms with Crippen LogP contribution < -0.4 is 10.1 Å². The Bertz CT molecular complexity index is 995. The molecule has 0 saturated carbocycles. The van der Waals surface area contributed by atoms with Crippen LogP contribution in [0.15, 0.2) is 46.9 Å². The molecule has 3 aromatic rings. The topological polar surface area (TPSA) is 77.8 Å². The van der Waals surface area contributed by atoms with Gasteiger partial charge in [0.2, 0.25) is 0 Å². The second-order valence-corrected chi connectivity index (χ2v) is 6.16. The van der Waals surface area contributed by atoms with Gasteiger partial charge in [-0.1, -0.05) is 29.8 Å². The highest BCUT2D eigenvalue weighted by Crippen LogP contribution is 2.31. The molecule has 1 N–H and O–H groups in total. The van der Waals surface area contributed by atoms with Gasteiger partial charge in [-0.25, -0.2) is 4.79 Å². The molecule has 3 rings (SSSR count). The van der Waals surface area contributed by atoms with Crippen LogP contribution in [-0.4, -0.2) is 25.1 Å². The largest absolute Gasteiger partial charge is 0.482 e. The predicted octanol–water partition coefficient (Wildman–Crippen LogP) is 4.59. The van der Waals surface area contributed by atoms with Crippen LogP contribution >= 0.6 is 11.6 Å². The van der Waals surface area contributed by atoms with Gasteiger partial charge in [0, 0.05) is 22.7 Å². The molecule has 0 unspecified atom stereocenters. The van der Waals surface area contributed by atoms with E-state index in [4.69, 9.17) is 25.5 Å². The van der Waals surface area contributed by atoms with Crippen molar-refractivity contribution in [3.8, 4) is 5.75 Å². The van der Waals surface area contributed by atoms with Crippen LogP contribution in [0.5, 0.6) is 5.75 Å². The molecule has 27 heavy (non-hydrogen) atoms. The quantitative estimate of drug-likeness (QED) is 0.626. The van der Waals surface area contributed by atoms with Crippen LogP contribution in [0.4, 0.5) is 5.69 Å². The molecule has 1 amide bonds. The maximum absolute atomic E-state index is 12.6. The number of fused-ring (bicyclic) bond motifs is 1. The molecule has 2 aromatic carbocycles. The number of para-hydroxylation sites is 1. The first-order chi connectivity index (χ1) is 13.0. The lowest BCUT2D eigenvalue weighted by Crippen LogP contribution is -2.15. The fourth-order valence-corrected chi connectivity index (χ4v) is 2.83. The van der Waals surface area contributed by atoms with Crippen molar-refractivity contribution in [2.75, 3.05) is 18.5 Å². The van der Waals surface area contributed by atoms with Gasteiger partial charge in [-0.2, -0.15) is 0 Å². The summed E-state index contributed by atoms with van der Waals surface area (Å²) in [6, 6.07) is 12.1. The van der Waals surface area contributed by atoms with Gasteiger partial charge in [0.15, 0.2) is 18.0 Å². The molecule has 0 aliphatic heterocycles. The monoisotopic (exact) mass is 387 g/mol. The summed E-state index contributed by atoms with van der Waals surface area (Å²) in [6.07, 6.45) is 0. The highest BCUT2D eigenvalue weighted by Gasteiger charge is 2.19. The van der Waals surface area contributed by atoms with E-state index in [9.17, 15) is 9.59 Å². The first-order valence-corrected chi connectivity index (χ1v) is 8.75. The molecule has 0 aliphatic rings. The molecule has 0 radical (unpaired) electrons. The summed E-state index contributed by atoms with van der Waals surface area (Å²) >= 11 is 6.13. The van der Waals surface area contributed by atoms with E-state index in [2.05, 4.69) is 5.32 Å². The fourth-order valence-electron chi connectivity index (χ4n) is 2.62. The second kappa shape index (κ2) is 8.14. The van der Waals surface area contributed by atoms with Crippen LogP contribution in [-0.2, 0) is 9.53 Å². The molecule has 0 saturated heterocycles. The number of hydrogen-bond donors (Lipinski definition) is 1. The Morgan fingerprint density at radius 2 is 1.96 bits per heavy atom. The van der Waals surface area contributed by atoms with E-state index in [0.717, 1.165) is 5.39 Å². The van der Waals surface area contributed by atoms with Gasteiger partial charge in [0.05, 0.1) is 11.6 Å². The lowest BCUT2D eigenvalue weighted by atomic mass is 10.1. The first-order valence-electron chi connectivity index (χ1n) is 8.37. The molecule has 0 aliphatic carbocycles. The van der Waals surface area contributed by atoms with E-state index in [-0.39, 0.29) is 12.4 Å². The van der Waals surface area contributed by atoms with Gasteiger partial charge < -0.3 is 19.2 Å². The SMILES string of the molecule is CCOC(=O)COc1cccc(NC(=O)c2oc3c(Cl)cccc3c2C)c1. The van der Waals surface area contributed by atoms with E-state index >= 15 is 0 Å². The summed E-state index contributed by atoms with van der Waals surface area (Å²) in [7, 11) is 0. The Labute approximate surface area is 161 Å². The third-order valence-corrected chi connectivity index (χ3v) is 4.17. The molecular formula is C20H18ClNO5. The van der Waals surface area contributed by atoms with Crippen LogP contribution in [0.3, 0.4) is 0 Å². The molecule has 0 fully saturated rings. The van der Waals surface area contributed by atoms with Gasteiger partial charge in [0.1, 0.15) is 5.75 Å². The van der Waals surface area contributed by atoms with E-state index in [1.54, 1.807) is 50.2 Å². The van der Waals surface area contributed by atoms with Crippen molar-refractivity contribution in [1.82, 2.24) is 0 Å². The Morgan fingerprint density at radius 1 is 1.19 bits per heavy atom. The van der Waals surface area contributed by atoms with Gasteiger partial charge >= 0.3 is 5.97 Å². The zero-order chi connectivity index (χ0) is 19.4. The van der Waals surface area contributed by atoms with Crippen molar-refractivity contribution in [2.45, 2.75) is 13.8 Å². The van der Waals surface area contributed by atoms with Gasteiger partial charge in [0.25, 0.3) is 5.91 Å². The predicted molar refractivity (Wildman–Crippen MR) is 102 cm³/mol. The number of amides is 1. The summed E-state index contributed by atoms with van der Waals surface area (Å²) in [6.45, 7) is 3.61. The van der Waals surface area contributed by atoms with Crippen LogP contribution in [0, 0.1) is 6.92 Å². The summed E-state index contributed by atoms with van der Waals surface area (Å²) in [5.41, 5.74) is 1.69. The molecule has 140 valence electrons. The van der Waals surface area contributed by atoms with E-state index in [1.807, 2.05) is 6.07 Å². The second-order valence-electron chi connectivity index (χ2n) is 5.75. The van der Waals surface area contributed by atoms with Gasteiger partial charge in [-0.3, -0.25) is 4.79 Å². The number of ether oxygens (including phenoxy) is 2. The number of nitrogens with one attached hydrogen (secondary N) is 1. The number of halogens is 1. The Balaban J connectivity index is 1.75. The van der Waals surface area contributed by atoms with Gasteiger partial charge in [-0.05, 0) is 32.0 Å². The minimum Gasteiger partial charge on any atom is -0.482 e. The number of aryl methyl sites for hydroxylation is 1. The zero-order valence-corrected chi connectivity index (χ0v) is 15.6. The molecule has 1 heterocycles. The lowest BCUT2D eigenvalue weighted by molar-refractivity contribution is -0.145. The number of benzene rings is 2. The van der Waals surface area contributed by atoms with E-state index < -0.39 is 11.9 Å². The Hall–Kier alpha value is -2.99. The van der Waals surface area contributed by atoms with Crippen LogP contribution in [0.1, 0.15) is 23.0 Å². The molecule has 7 heteroatoms. The zero-order valence-electron chi connectivity index (χ0n) is 14.9. The average molecular weight is 388 g/mol. The highest BCUT2D eigenvalue weighted by atomic mass is 35.5. The molecule has 0 spiro atoms. The summed E-state index contributed by atoms with van der Waals surface area (Å²) in [5.74, 6) is -0.231. The maximum atomic E-state index is 12.6. The number of esters is 1. The molecule has 1 aromatic heterocycles. The lowest BCUT2D eigenvalue weighted by Gasteiger charge is -2.08. The third kappa shape index (κ3) is 4.23. The number of anilines is 1. The number of carbonyl (C=O) groups is 2. The summed E-state index contributed by atoms with van der Waals surface area (Å²) in [4.78, 5) is 24.0.